The van der Waals surface area contributed by atoms with Gasteiger partial charge in [0, 0.05) is 19.0 Å². The van der Waals surface area contributed by atoms with E-state index < -0.39 is 0 Å². The molecule has 1 saturated heterocycles. The highest BCUT2D eigenvalue weighted by atomic mass is 16.2. The molecule has 2 saturated carbocycles. The topological polar surface area (TPSA) is 37.4 Å². The van der Waals surface area contributed by atoms with Crippen LogP contribution >= 0.6 is 0 Å². The second kappa shape index (κ2) is 3.12. The van der Waals surface area contributed by atoms with E-state index in [4.69, 9.17) is 0 Å². The van der Waals surface area contributed by atoms with Gasteiger partial charge >= 0.3 is 0 Å². The maximum atomic E-state index is 12.0. The van der Waals surface area contributed by atoms with Crippen molar-refractivity contribution in [1.29, 1.82) is 0 Å². The third kappa shape index (κ3) is 1.28. The van der Waals surface area contributed by atoms with E-state index in [1.807, 2.05) is 4.90 Å². The van der Waals surface area contributed by atoms with Crippen LogP contribution in [0.15, 0.2) is 0 Å². The Morgan fingerprint density at radius 2 is 1.94 bits per heavy atom. The number of nitrogens with zero attached hydrogens (tertiary/aromatic N) is 1. The van der Waals surface area contributed by atoms with Gasteiger partial charge in [0.05, 0.1) is 0 Å². The van der Waals surface area contributed by atoms with Crippen LogP contribution in [0.25, 0.3) is 0 Å². The number of amides is 1. The number of Topliss-reactive ketones (excluding diaryl/α,β-unsaturated/α-hetero) is 1. The lowest BCUT2D eigenvalue weighted by Crippen LogP contribution is -2.53. The summed E-state index contributed by atoms with van der Waals surface area (Å²) < 4.78 is 0. The summed E-state index contributed by atoms with van der Waals surface area (Å²) in [6.07, 6.45) is 4.15. The molecule has 1 heterocycles. The van der Waals surface area contributed by atoms with Gasteiger partial charge in [-0.3, -0.25) is 9.59 Å². The Morgan fingerprint density at radius 1 is 1.24 bits per heavy atom. The first-order valence-corrected chi connectivity index (χ1v) is 6.70. The Labute approximate surface area is 103 Å². The maximum absolute atomic E-state index is 12.0. The van der Waals surface area contributed by atoms with Crippen LogP contribution in [0.3, 0.4) is 0 Å². The zero-order valence-electron chi connectivity index (χ0n) is 11.0. The summed E-state index contributed by atoms with van der Waals surface area (Å²) in [7, 11) is 0. The molecule has 1 aliphatic heterocycles. The normalized spacial score (nSPS) is 43.8. The number of fused-ring (bicyclic) bond motifs is 2. The Kier molecular flexibility index (Phi) is 2.06. The van der Waals surface area contributed by atoms with Crippen molar-refractivity contribution in [2.75, 3.05) is 6.54 Å². The summed E-state index contributed by atoms with van der Waals surface area (Å²) in [4.78, 5) is 25.3. The molecule has 0 radical (unpaired) electrons. The molecule has 3 heteroatoms. The molecule has 17 heavy (non-hydrogen) atoms. The van der Waals surface area contributed by atoms with Gasteiger partial charge in [0.15, 0.2) is 0 Å². The van der Waals surface area contributed by atoms with E-state index in [2.05, 4.69) is 20.8 Å². The third-order valence-electron chi connectivity index (χ3n) is 5.58. The summed E-state index contributed by atoms with van der Waals surface area (Å²) >= 11 is 0. The molecule has 0 spiro atoms. The van der Waals surface area contributed by atoms with Crippen LogP contribution in [0.5, 0.6) is 0 Å². The SMILES string of the molecule is CC12CCC(C1)C(C)(C)C2N1CCC(=O)C1=O. The highest BCUT2D eigenvalue weighted by molar-refractivity contribution is 6.38. The molecule has 3 fully saturated rings. The number of ketones is 1. The smallest absolute Gasteiger partial charge is 0.290 e. The zero-order chi connectivity index (χ0) is 12.4. The lowest BCUT2D eigenvalue weighted by molar-refractivity contribution is -0.144. The largest absolute Gasteiger partial charge is 0.332 e. The van der Waals surface area contributed by atoms with Crippen LogP contribution in [0, 0.1) is 16.7 Å². The molecule has 1 amide bonds. The van der Waals surface area contributed by atoms with E-state index in [1.54, 1.807) is 0 Å². The number of hydrogen-bond acceptors (Lipinski definition) is 2. The molecule has 0 aromatic heterocycles. The van der Waals surface area contributed by atoms with Gasteiger partial charge in [-0.15, -0.1) is 0 Å². The number of carbonyl (C=O) groups excluding carboxylic acids is 2. The molecule has 3 nitrogen and oxygen atoms in total. The second-order valence-electron chi connectivity index (χ2n) is 6.99. The molecule has 3 aliphatic rings. The fourth-order valence-corrected chi connectivity index (χ4v) is 4.89. The van der Waals surface area contributed by atoms with Crippen molar-refractivity contribution in [3.05, 3.63) is 0 Å². The van der Waals surface area contributed by atoms with Crippen LogP contribution in [-0.2, 0) is 9.59 Å². The highest BCUT2D eigenvalue weighted by Crippen LogP contribution is 2.64. The molecule has 0 aromatic carbocycles. The lowest BCUT2D eigenvalue weighted by atomic mass is 9.67. The molecule has 0 aromatic rings. The summed E-state index contributed by atoms with van der Waals surface area (Å²) in [6, 6.07) is 0.271. The van der Waals surface area contributed by atoms with Gasteiger partial charge in [0.1, 0.15) is 0 Å². The third-order valence-corrected chi connectivity index (χ3v) is 5.58. The predicted molar refractivity (Wildman–Crippen MR) is 64.4 cm³/mol. The quantitative estimate of drug-likeness (QED) is 0.652. The van der Waals surface area contributed by atoms with Gasteiger partial charge in [-0.2, -0.15) is 0 Å². The fraction of sp³-hybridized carbons (Fsp3) is 0.857. The van der Waals surface area contributed by atoms with Gasteiger partial charge < -0.3 is 4.90 Å². The van der Waals surface area contributed by atoms with Crippen molar-refractivity contribution >= 4 is 11.7 Å². The Morgan fingerprint density at radius 3 is 2.41 bits per heavy atom. The van der Waals surface area contributed by atoms with Gasteiger partial charge in [-0.25, -0.2) is 0 Å². The first kappa shape index (κ1) is 11.2. The van der Waals surface area contributed by atoms with Crippen molar-refractivity contribution in [2.45, 2.75) is 52.5 Å². The summed E-state index contributed by atoms with van der Waals surface area (Å²) in [5.74, 6) is 0.310. The molecule has 2 bridgehead atoms. The van der Waals surface area contributed by atoms with Gasteiger partial charge in [-0.05, 0) is 36.0 Å². The van der Waals surface area contributed by atoms with Crippen molar-refractivity contribution in [3.63, 3.8) is 0 Å². The minimum Gasteiger partial charge on any atom is -0.332 e. The minimum absolute atomic E-state index is 0.174. The summed E-state index contributed by atoms with van der Waals surface area (Å²) in [6.45, 7) is 7.52. The Bertz CT molecular complexity index is 396. The van der Waals surface area contributed by atoms with E-state index in [0.29, 0.717) is 13.0 Å². The van der Waals surface area contributed by atoms with Gasteiger partial charge in [0.25, 0.3) is 5.91 Å². The highest BCUT2D eigenvalue weighted by Gasteiger charge is 2.62. The molecular formula is C14H21NO2. The predicted octanol–water partition coefficient (Wildman–Crippen LogP) is 2.00. The van der Waals surface area contributed by atoms with Crippen molar-refractivity contribution in [3.8, 4) is 0 Å². The average Bonchev–Trinajstić information content (AvgIpc) is 2.82. The zero-order valence-corrected chi connectivity index (χ0v) is 11.0. The van der Waals surface area contributed by atoms with Crippen LogP contribution in [0.4, 0.5) is 0 Å². The number of carbonyl (C=O) groups is 2. The number of likely N-dealkylation sites (tertiary alicyclic amines) is 1. The maximum Gasteiger partial charge on any atom is 0.290 e. The Balaban J connectivity index is 1.97. The van der Waals surface area contributed by atoms with E-state index in [1.165, 1.54) is 19.3 Å². The van der Waals surface area contributed by atoms with Crippen LogP contribution in [0.2, 0.25) is 0 Å². The van der Waals surface area contributed by atoms with Crippen molar-refractivity contribution in [2.24, 2.45) is 16.7 Å². The molecular weight excluding hydrogens is 214 g/mol. The van der Waals surface area contributed by atoms with E-state index in [9.17, 15) is 9.59 Å². The average molecular weight is 235 g/mol. The standard InChI is InChI=1S/C14H21NO2/c1-13(2)9-4-6-14(3,8-9)12(13)15-7-5-10(16)11(15)17/h9,12H,4-8H2,1-3H3. The van der Waals surface area contributed by atoms with Crippen LogP contribution in [0.1, 0.15) is 46.5 Å². The second-order valence-corrected chi connectivity index (χ2v) is 6.99. The number of hydrogen-bond donors (Lipinski definition) is 0. The first-order chi connectivity index (χ1) is 7.86. The summed E-state index contributed by atoms with van der Waals surface area (Å²) in [5, 5.41) is 0. The van der Waals surface area contributed by atoms with Crippen molar-refractivity contribution in [1.82, 2.24) is 4.90 Å². The molecule has 2 aliphatic carbocycles. The van der Waals surface area contributed by atoms with Gasteiger partial charge in [-0.1, -0.05) is 20.8 Å². The summed E-state index contributed by atoms with van der Waals surface area (Å²) in [5.41, 5.74) is 0.418. The van der Waals surface area contributed by atoms with Gasteiger partial charge in [0.2, 0.25) is 5.78 Å². The fourth-order valence-electron chi connectivity index (χ4n) is 4.89. The Hall–Kier alpha value is -0.860. The van der Waals surface area contributed by atoms with E-state index in [-0.39, 0.29) is 28.6 Å². The molecule has 3 unspecified atom stereocenters. The first-order valence-electron chi connectivity index (χ1n) is 6.70. The van der Waals surface area contributed by atoms with Crippen LogP contribution < -0.4 is 0 Å². The molecule has 3 atom stereocenters. The monoisotopic (exact) mass is 235 g/mol. The van der Waals surface area contributed by atoms with E-state index >= 15 is 0 Å². The molecule has 94 valence electrons. The lowest BCUT2D eigenvalue weighted by Gasteiger charge is -2.47. The van der Waals surface area contributed by atoms with Crippen molar-refractivity contribution < 1.29 is 9.59 Å². The van der Waals surface area contributed by atoms with E-state index in [0.717, 1.165) is 5.92 Å². The minimum atomic E-state index is -0.225. The number of rotatable bonds is 1. The van der Waals surface area contributed by atoms with Crippen LogP contribution in [-0.4, -0.2) is 29.2 Å². The molecule has 0 N–H and O–H groups in total. The molecule has 3 rings (SSSR count).